The van der Waals surface area contributed by atoms with Crippen LogP contribution in [0.4, 0.5) is 0 Å². The Kier molecular flexibility index (Phi) is 4.79. The first-order chi connectivity index (χ1) is 9.69. The molecule has 0 spiro atoms. The fourth-order valence-electron chi connectivity index (χ4n) is 1.89. The molecule has 0 saturated heterocycles. The van der Waals surface area contributed by atoms with Gasteiger partial charge >= 0.3 is 5.97 Å². The molecule has 0 fully saturated rings. The van der Waals surface area contributed by atoms with Crippen LogP contribution in [-0.4, -0.2) is 35.0 Å². The van der Waals surface area contributed by atoms with Gasteiger partial charge in [0.05, 0.1) is 18.4 Å². The zero-order valence-electron chi connectivity index (χ0n) is 11.6. The van der Waals surface area contributed by atoms with Crippen molar-refractivity contribution >= 4 is 5.97 Å². The second-order valence-corrected chi connectivity index (χ2v) is 4.56. The summed E-state index contributed by atoms with van der Waals surface area (Å²) in [6, 6.07) is 7.55. The standard InChI is InChI=1S/C15H17N3O2/c1-18(10-12-5-7-16-8-6-12)11-14-4-3-13(9-17-14)15(19)20-2/h3-9H,10-11H2,1-2H3. The third kappa shape index (κ3) is 3.86. The lowest BCUT2D eigenvalue weighted by atomic mass is 10.2. The first-order valence-electron chi connectivity index (χ1n) is 6.29. The average molecular weight is 271 g/mol. The zero-order valence-corrected chi connectivity index (χ0v) is 11.6. The largest absolute Gasteiger partial charge is 0.465 e. The van der Waals surface area contributed by atoms with Gasteiger partial charge < -0.3 is 4.74 Å². The molecule has 0 saturated carbocycles. The highest BCUT2D eigenvalue weighted by molar-refractivity contribution is 5.88. The predicted molar refractivity (Wildman–Crippen MR) is 75.0 cm³/mol. The molecule has 0 amide bonds. The van der Waals surface area contributed by atoms with E-state index in [9.17, 15) is 4.79 Å². The number of ether oxygens (including phenoxy) is 1. The summed E-state index contributed by atoms with van der Waals surface area (Å²) in [5.74, 6) is -0.366. The number of methoxy groups -OCH3 is 1. The van der Waals surface area contributed by atoms with E-state index in [-0.39, 0.29) is 5.97 Å². The van der Waals surface area contributed by atoms with E-state index < -0.39 is 0 Å². The quantitative estimate of drug-likeness (QED) is 0.777. The van der Waals surface area contributed by atoms with Gasteiger partial charge in [0.2, 0.25) is 0 Å². The predicted octanol–water partition coefficient (Wildman–Crippen LogP) is 1.90. The van der Waals surface area contributed by atoms with Crippen LogP contribution < -0.4 is 0 Å². The first-order valence-corrected chi connectivity index (χ1v) is 6.29. The van der Waals surface area contributed by atoms with Gasteiger partial charge in [0.1, 0.15) is 0 Å². The molecule has 5 nitrogen and oxygen atoms in total. The Bertz CT molecular complexity index is 555. The molecule has 0 atom stereocenters. The SMILES string of the molecule is COC(=O)c1ccc(CN(C)Cc2ccncc2)nc1. The lowest BCUT2D eigenvalue weighted by Gasteiger charge is -2.16. The van der Waals surface area contributed by atoms with Crippen LogP contribution in [0.5, 0.6) is 0 Å². The number of esters is 1. The van der Waals surface area contributed by atoms with Gasteiger partial charge in [0.25, 0.3) is 0 Å². The van der Waals surface area contributed by atoms with Gasteiger partial charge in [0, 0.05) is 31.7 Å². The van der Waals surface area contributed by atoms with E-state index in [0.29, 0.717) is 12.1 Å². The molecule has 0 radical (unpaired) electrons. The van der Waals surface area contributed by atoms with E-state index in [2.05, 4.69) is 19.6 Å². The summed E-state index contributed by atoms with van der Waals surface area (Å²) in [7, 11) is 3.38. The van der Waals surface area contributed by atoms with Crippen molar-refractivity contribution in [2.75, 3.05) is 14.2 Å². The first kappa shape index (κ1) is 14.1. The summed E-state index contributed by atoms with van der Waals surface area (Å²) in [5.41, 5.74) is 2.58. The molecule has 20 heavy (non-hydrogen) atoms. The van der Waals surface area contributed by atoms with Crippen LogP contribution in [0.2, 0.25) is 0 Å². The topological polar surface area (TPSA) is 55.3 Å². The van der Waals surface area contributed by atoms with Crippen LogP contribution in [0, 0.1) is 0 Å². The number of hydrogen-bond donors (Lipinski definition) is 0. The van der Waals surface area contributed by atoms with E-state index in [4.69, 9.17) is 0 Å². The van der Waals surface area contributed by atoms with Gasteiger partial charge in [-0.05, 0) is 36.9 Å². The summed E-state index contributed by atoms with van der Waals surface area (Å²) < 4.78 is 4.64. The number of hydrogen-bond acceptors (Lipinski definition) is 5. The molecular formula is C15H17N3O2. The zero-order chi connectivity index (χ0) is 14.4. The van der Waals surface area contributed by atoms with E-state index in [1.807, 2.05) is 25.2 Å². The maximum Gasteiger partial charge on any atom is 0.339 e. The second kappa shape index (κ2) is 6.77. The normalized spacial score (nSPS) is 10.6. The third-order valence-corrected chi connectivity index (χ3v) is 2.88. The molecule has 0 aliphatic carbocycles. The molecule has 0 aliphatic heterocycles. The van der Waals surface area contributed by atoms with Gasteiger partial charge in [-0.25, -0.2) is 4.79 Å². The molecule has 2 heterocycles. The van der Waals surface area contributed by atoms with E-state index in [1.165, 1.54) is 12.7 Å². The van der Waals surface area contributed by atoms with Crippen molar-refractivity contribution in [2.45, 2.75) is 13.1 Å². The van der Waals surface area contributed by atoms with Gasteiger partial charge in [-0.15, -0.1) is 0 Å². The summed E-state index contributed by atoms with van der Waals surface area (Å²) in [5, 5.41) is 0. The van der Waals surface area contributed by atoms with Crippen molar-refractivity contribution in [1.82, 2.24) is 14.9 Å². The van der Waals surface area contributed by atoms with Crippen LogP contribution in [0.3, 0.4) is 0 Å². The molecule has 2 aromatic rings. The molecule has 2 rings (SSSR count). The minimum Gasteiger partial charge on any atom is -0.465 e. The average Bonchev–Trinajstić information content (AvgIpc) is 2.48. The number of nitrogens with zero attached hydrogens (tertiary/aromatic N) is 3. The van der Waals surface area contributed by atoms with Gasteiger partial charge in [0.15, 0.2) is 0 Å². The summed E-state index contributed by atoms with van der Waals surface area (Å²) in [4.78, 5) is 21.7. The lowest BCUT2D eigenvalue weighted by molar-refractivity contribution is 0.0600. The highest BCUT2D eigenvalue weighted by atomic mass is 16.5. The number of pyridine rings is 2. The van der Waals surface area contributed by atoms with Crippen molar-refractivity contribution in [3.05, 3.63) is 59.7 Å². The molecule has 2 aromatic heterocycles. The minimum atomic E-state index is -0.366. The fraction of sp³-hybridized carbons (Fsp3) is 0.267. The Morgan fingerprint density at radius 1 is 1.20 bits per heavy atom. The molecule has 0 aliphatic rings. The summed E-state index contributed by atoms with van der Waals surface area (Å²) in [6.45, 7) is 1.53. The minimum absolute atomic E-state index is 0.366. The van der Waals surface area contributed by atoms with Crippen LogP contribution in [0.25, 0.3) is 0 Å². The van der Waals surface area contributed by atoms with Crippen LogP contribution in [-0.2, 0) is 17.8 Å². The monoisotopic (exact) mass is 271 g/mol. The number of carbonyl (C=O) groups is 1. The van der Waals surface area contributed by atoms with Crippen LogP contribution >= 0.6 is 0 Å². The molecule has 0 N–H and O–H groups in total. The van der Waals surface area contributed by atoms with Crippen LogP contribution in [0.1, 0.15) is 21.6 Å². The van der Waals surface area contributed by atoms with Crippen LogP contribution in [0.15, 0.2) is 42.9 Å². The van der Waals surface area contributed by atoms with Crippen molar-refractivity contribution < 1.29 is 9.53 Å². The maximum absolute atomic E-state index is 11.3. The number of rotatable bonds is 5. The molecule has 104 valence electrons. The van der Waals surface area contributed by atoms with E-state index in [1.54, 1.807) is 24.7 Å². The Labute approximate surface area is 118 Å². The fourth-order valence-corrected chi connectivity index (χ4v) is 1.89. The molecule has 5 heteroatoms. The molecule has 0 unspecified atom stereocenters. The third-order valence-electron chi connectivity index (χ3n) is 2.88. The van der Waals surface area contributed by atoms with Gasteiger partial charge in [-0.3, -0.25) is 14.9 Å². The number of carbonyl (C=O) groups excluding carboxylic acids is 1. The maximum atomic E-state index is 11.3. The number of aromatic nitrogens is 2. The van der Waals surface area contributed by atoms with E-state index in [0.717, 1.165) is 12.2 Å². The second-order valence-electron chi connectivity index (χ2n) is 4.56. The summed E-state index contributed by atoms with van der Waals surface area (Å²) >= 11 is 0. The Hall–Kier alpha value is -2.27. The van der Waals surface area contributed by atoms with E-state index >= 15 is 0 Å². The Balaban J connectivity index is 1.94. The molecule has 0 aromatic carbocycles. The highest BCUT2D eigenvalue weighted by Crippen LogP contribution is 2.07. The van der Waals surface area contributed by atoms with Gasteiger partial charge in [-0.2, -0.15) is 0 Å². The molecule has 0 bridgehead atoms. The Morgan fingerprint density at radius 3 is 2.55 bits per heavy atom. The lowest BCUT2D eigenvalue weighted by Crippen LogP contribution is -2.18. The Morgan fingerprint density at radius 2 is 1.95 bits per heavy atom. The van der Waals surface area contributed by atoms with Crippen molar-refractivity contribution in [3.63, 3.8) is 0 Å². The highest BCUT2D eigenvalue weighted by Gasteiger charge is 2.07. The van der Waals surface area contributed by atoms with Crippen molar-refractivity contribution in [3.8, 4) is 0 Å². The van der Waals surface area contributed by atoms with Gasteiger partial charge in [-0.1, -0.05) is 0 Å². The summed E-state index contributed by atoms with van der Waals surface area (Å²) in [6.07, 6.45) is 5.11. The van der Waals surface area contributed by atoms with Crippen molar-refractivity contribution in [2.24, 2.45) is 0 Å². The van der Waals surface area contributed by atoms with Crippen molar-refractivity contribution in [1.29, 1.82) is 0 Å². The molecular weight excluding hydrogens is 254 g/mol. The smallest absolute Gasteiger partial charge is 0.339 e.